The van der Waals surface area contributed by atoms with Crippen molar-refractivity contribution in [1.29, 1.82) is 0 Å². The lowest BCUT2D eigenvalue weighted by molar-refractivity contribution is 0.0373. The Morgan fingerprint density at radius 2 is 1.80 bits per heavy atom. The summed E-state index contributed by atoms with van der Waals surface area (Å²) in [5, 5.41) is 10.7. The lowest BCUT2D eigenvalue weighted by Crippen LogP contribution is -2.43. The molecule has 1 N–H and O–H groups in total. The van der Waals surface area contributed by atoms with Gasteiger partial charge < -0.3 is 5.11 Å². The summed E-state index contributed by atoms with van der Waals surface area (Å²) in [5.41, 5.74) is 3.72. The van der Waals surface area contributed by atoms with E-state index in [0.717, 1.165) is 24.6 Å². The normalized spacial score (nSPS) is 18.9. The predicted octanol–water partition coefficient (Wildman–Crippen LogP) is 4.98. The molecular weight excluding hydrogens is 421 g/mol. The van der Waals surface area contributed by atoms with Gasteiger partial charge in [-0.05, 0) is 98.0 Å². The van der Waals surface area contributed by atoms with E-state index in [1.807, 2.05) is 0 Å². The molecule has 0 aromatic heterocycles. The second-order valence-electron chi connectivity index (χ2n) is 7.41. The summed E-state index contributed by atoms with van der Waals surface area (Å²) in [6.07, 6.45) is 3.21. The number of rotatable bonds is 5. The Morgan fingerprint density at radius 1 is 1.12 bits per heavy atom. The van der Waals surface area contributed by atoms with Crippen molar-refractivity contribution in [2.45, 2.75) is 45.3 Å². The van der Waals surface area contributed by atoms with E-state index in [1.54, 1.807) is 0 Å². The van der Waals surface area contributed by atoms with Crippen molar-refractivity contribution < 1.29 is 5.11 Å². The van der Waals surface area contributed by atoms with E-state index in [9.17, 15) is 5.11 Å². The summed E-state index contributed by atoms with van der Waals surface area (Å²) in [6, 6.07) is 17.3. The lowest BCUT2D eigenvalue weighted by atomic mass is 9.89. The highest BCUT2D eigenvalue weighted by Gasteiger charge is 2.27. The standard InChI is InChI=1S/C22H28INO/c1-16-6-8-20(9-7-16)22(25)17(2)24-12-10-18(11-13-24)14-19-4-3-5-21(23)15-19/h3-9,15,17-18,22,25H,10-14H2,1-2H3. The molecule has 1 heterocycles. The zero-order chi connectivity index (χ0) is 17.8. The molecule has 2 nitrogen and oxygen atoms in total. The van der Waals surface area contributed by atoms with Crippen LogP contribution in [0.15, 0.2) is 48.5 Å². The maximum atomic E-state index is 10.7. The topological polar surface area (TPSA) is 23.5 Å². The number of hydrogen-bond acceptors (Lipinski definition) is 2. The maximum absolute atomic E-state index is 10.7. The average molecular weight is 449 g/mol. The fourth-order valence-corrected chi connectivity index (χ4v) is 4.41. The van der Waals surface area contributed by atoms with Crippen LogP contribution in [-0.4, -0.2) is 29.1 Å². The molecule has 2 atom stereocenters. The van der Waals surface area contributed by atoms with Crippen LogP contribution in [0, 0.1) is 16.4 Å². The Bertz CT molecular complexity index is 677. The summed E-state index contributed by atoms with van der Waals surface area (Å²) in [5.74, 6) is 0.762. The molecule has 0 bridgehead atoms. The molecule has 0 spiro atoms. The predicted molar refractivity (Wildman–Crippen MR) is 113 cm³/mol. The van der Waals surface area contributed by atoms with Crippen LogP contribution in [0.5, 0.6) is 0 Å². The largest absolute Gasteiger partial charge is 0.387 e. The van der Waals surface area contributed by atoms with Gasteiger partial charge in [0.1, 0.15) is 0 Å². The zero-order valence-electron chi connectivity index (χ0n) is 15.2. The quantitative estimate of drug-likeness (QED) is 0.652. The molecule has 1 aliphatic heterocycles. The highest BCUT2D eigenvalue weighted by molar-refractivity contribution is 14.1. The molecule has 0 aliphatic carbocycles. The zero-order valence-corrected chi connectivity index (χ0v) is 17.3. The maximum Gasteiger partial charge on any atom is 0.0942 e. The van der Waals surface area contributed by atoms with Crippen LogP contribution in [0.4, 0.5) is 0 Å². The smallest absolute Gasteiger partial charge is 0.0942 e. The Balaban J connectivity index is 1.53. The Kier molecular flexibility index (Phi) is 6.53. The molecule has 0 radical (unpaired) electrons. The van der Waals surface area contributed by atoms with Gasteiger partial charge in [-0.3, -0.25) is 4.90 Å². The van der Waals surface area contributed by atoms with Crippen molar-refractivity contribution in [2.75, 3.05) is 13.1 Å². The van der Waals surface area contributed by atoms with E-state index in [0.29, 0.717) is 0 Å². The van der Waals surface area contributed by atoms with E-state index >= 15 is 0 Å². The first kappa shape index (κ1) is 18.9. The SMILES string of the molecule is Cc1ccc(C(O)C(C)N2CCC(Cc3cccc(I)c3)CC2)cc1. The number of aryl methyl sites for hydroxylation is 1. The third-order valence-corrected chi connectivity index (χ3v) is 6.19. The third-order valence-electron chi connectivity index (χ3n) is 5.51. The summed E-state index contributed by atoms with van der Waals surface area (Å²) >= 11 is 2.39. The van der Waals surface area contributed by atoms with Gasteiger partial charge in [0.25, 0.3) is 0 Å². The Labute approximate surface area is 165 Å². The summed E-state index contributed by atoms with van der Waals surface area (Å²) in [7, 11) is 0. The minimum Gasteiger partial charge on any atom is -0.387 e. The van der Waals surface area contributed by atoms with Crippen molar-refractivity contribution >= 4 is 22.6 Å². The van der Waals surface area contributed by atoms with Crippen LogP contribution in [0.1, 0.15) is 42.6 Å². The molecule has 1 fully saturated rings. The monoisotopic (exact) mass is 449 g/mol. The molecule has 3 heteroatoms. The second kappa shape index (κ2) is 8.65. The number of halogens is 1. The fourth-order valence-electron chi connectivity index (χ4n) is 3.80. The first-order valence-corrected chi connectivity index (χ1v) is 10.3. The van der Waals surface area contributed by atoms with E-state index in [2.05, 4.69) is 89.9 Å². The van der Waals surface area contributed by atoms with E-state index in [-0.39, 0.29) is 6.04 Å². The molecule has 2 aromatic rings. The fraction of sp³-hybridized carbons (Fsp3) is 0.455. The van der Waals surface area contributed by atoms with Gasteiger partial charge in [0.15, 0.2) is 0 Å². The van der Waals surface area contributed by atoms with E-state index in [4.69, 9.17) is 0 Å². The third kappa shape index (κ3) is 5.05. The summed E-state index contributed by atoms with van der Waals surface area (Å²) < 4.78 is 1.32. The molecule has 1 aliphatic rings. The van der Waals surface area contributed by atoms with Crippen LogP contribution >= 0.6 is 22.6 Å². The van der Waals surface area contributed by atoms with Crippen LogP contribution in [0.2, 0.25) is 0 Å². The van der Waals surface area contributed by atoms with Crippen molar-refractivity contribution in [3.05, 3.63) is 68.8 Å². The molecule has 134 valence electrons. The van der Waals surface area contributed by atoms with Gasteiger partial charge in [-0.25, -0.2) is 0 Å². The molecule has 0 amide bonds. The lowest BCUT2D eigenvalue weighted by Gasteiger charge is -2.38. The van der Waals surface area contributed by atoms with Gasteiger partial charge in [0, 0.05) is 9.61 Å². The van der Waals surface area contributed by atoms with Crippen molar-refractivity contribution in [1.82, 2.24) is 4.90 Å². The summed E-state index contributed by atoms with van der Waals surface area (Å²) in [6.45, 7) is 6.40. The van der Waals surface area contributed by atoms with Gasteiger partial charge in [0.2, 0.25) is 0 Å². The number of likely N-dealkylation sites (tertiary alicyclic amines) is 1. The number of nitrogens with zero attached hydrogens (tertiary/aromatic N) is 1. The molecule has 2 unspecified atom stereocenters. The van der Waals surface area contributed by atoms with Gasteiger partial charge >= 0.3 is 0 Å². The van der Waals surface area contributed by atoms with Crippen LogP contribution < -0.4 is 0 Å². The molecule has 2 aromatic carbocycles. The van der Waals surface area contributed by atoms with Crippen molar-refractivity contribution in [3.8, 4) is 0 Å². The number of piperidine rings is 1. The Hall–Kier alpha value is -0.910. The van der Waals surface area contributed by atoms with E-state index < -0.39 is 6.10 Å². The minimum atomic E-state index is -0.409. The van der Waals surface area contributed by atoms with Gasteiger partial charge in [0.05, 0.1) is 6.10 Å². The molecule has 0 saturated carbocycles. The van der Waals surface area contributed by atoms with Gasteiger partial charge in [-0.1, -0.05) is 42.0 Å². The molecule has 1 saturated heterocycles. The second-order valence-corrected chi connectivity index (χ2v) is 8.66. The highest BCUT2D eigenvalue weighted by atomic mass is 127. The number of benzene rings is 2. The first-order chi connectivity index (χ1) is 12.0. The molecule has 3 rings (SSSR count). The van der Waals surface area contributed by atoms with Crippen LogP contribution in [-0.2, 0) is 6.42 Å². The first-order valence-electron chi connectivity index (χ1n) is 9.26. The molecular formula is C22H28INO. The number of aliphatic hydroxyl groups is 1. The average Bonchev–Trinajstić information content (AvgIpc) is 2.62. The van der Waals surface area contributed by atoms with Crippen molar-refractivity contribution in [2.24, 2.45) is 5.92 Å². The summed E-state index contributed by atoms with van der Waals surface area (Å²) in [4.78, 5) is 2.45. The minimum absolute atomic E-state index is 0.168. The van der Waals surface area contributed by atoms with Gasteiger partial charge in [-0.2, -0.15) is 0 Å². The van der Waals surface area contributed by atoms with Crippen LogP contribution in [0.3, 0.4) is 0 Å². The molecule has 25 heavy (non-hydrogen) atoms. The highest BCUT2D eigenvalue weighted by Crippen LogP contribution is 2.28. The van der Waals surface area contributed by atoms with E-state index in [1.165, 1.54) is 34.0 Å². The van der Waals surface area contributed by atoms with Gasteiger partial charge in [-0.15, -0.1) is 0 Å². The Morgan fingerprint density at radius 3 is 2.44 bits per heavy atom. The number of aliphatic hydroxyl groups excluding tert-OH is 1. The number of hydrogen-bond donors (Lipinski definition) is 1. The van der Waals surface area contributed by atoms with Crippen LogP contribution in [0.25, 0.3) is 0 Å². The van der Waals surface area contributed by atoms with Crippen molar-refractivity contribution in [3.63, 3.8) is 0 Å².